The summed E-state index contributed by atoms with van der Waals surface area (Å²) in [6.45, 7) is 2.16. The van der Waals surface area contributed by atoms with Gasteiger partial charge in [0.2, 0.25) is 0 Å². The number of Topliss-reactive ketones (excluding diaryl/α,β-unsaturated/α-hetero) is 1. The number of ether oxygens (including phenoxy) is 1. The molecule has 4 nitrogen and oxygen atoms in total. The third-order valence-corrected chi connectivity index (χ3v) is 6.62. The molecule has 2 aromatic rings. The first kappa shape index (κ1) is 19.9. The molecule has 0 unspecified atom stereocenters. The highest BCUT2D eigenvalue weighted by molar-refractivity contribution is 6.03. The smallest absolute Gasteiger partial charge is 0.355 e. The van der Waals surface area contributed by atoms with Crippen molar-refractivity contribution in [1.29, 1.82) is 0 Å². The Labute approximate surface area is 173 Å². The van der Waals surface area contributed by atoms with Crippen LogP contribution in [0.4, 0.5) is 0 Å². The molecule has 0 amide bonds. The van der Waals surface area contributed by atoms with Crippen LogP contribution in [0.15, 0.2) is 30.3 Å². The molecule has 1 aromatic heterocycles. The van der Waals surface area contributed by atoms with Gasteiger partial charge in [-0.2, -0.15) is 0 Å². The molecular weight excluding hydrogens is 362 g/mol. The molecule has 1 N–H and O–H groups in total. The first-order chi connectivity index (χ1) is 14.2. The average Bonchev–Trinajstić information content (AvgIpc) is 3.13. The Balaban J connectivity index is 1.62. The van der Waals surface area contributed by atoms with Crippen molar-refractivity contribution in [1.82, 2.24) is 4.98 Å². The molecule has 1 saturated carbocycles. The van der Waals surface area contributed by atoms with Crippen LogP contribution in [0.5, 0.6) is 0 Å². The predicted molar refractivity (Wildman–Crippen MR) is 113 cm³/mol. The number of rotatable bonds is 6. The lowest BCUT2D eigenvalue weighted by molar-refractivity contribution is 0.0518. The number of aromatic nitrogens is 1. The molecule has 1 aromatic carbocycles. The van der Waals surface area contributed by atoms with Gasteiger partial charge in [0, 0.05) is 17.7 Å². The lowest BCUT2D eigenvalue weighted by atomic mass is 9.80. The van der Waals surface area contributed by atoms with E-state index in [2.05, 4.69) is 17.1 Å². The molecule has 0 aliphatic heterocycles. The summed E-state index contributed by atoms with van der Waals surface area (Å²) in [5.74, 6) is 0.700. The van der Waals surface area contributed by atoms with Crippen LogP contribution in [-0.2, 0) is 17.6 Å². The number of ketones is 1. The fraction of sp³-hybridized carbons (Fsp3) is 0.520. The SMILES string of the molecule is CCOC(=O)c1[nH]c2c(c1CCC1CCCCC1)C(=O)C[C@H](c1ccccc1)C2. The summed E-state index contributed by atoms with van der Waals surface area (Å²) in [7, 11) is 0. The lowest BCUT2D eigenvalue weighted by Gasteiger charge is -2.23. The molecule has 4 heteroatoms. The number of hydrogen-bond donors (Lipinski definition) is 1. The molecule has 29 heavy (non-hydrogen) atoms. The molecule has 2 aliphatic rings. The summed E-state index contributed by atoms with van der Waals surface area (Å²) < 4.78 is 5.30. The Morgan fingerprint density at radius 2 is 1.86 bits per heavy atom. The second-order valence-corrected chi connectivity index (χ2v) is 8.53. The van der Waals surface area contributed by atoms with Crippen LogP contribution in [0.1, 0.15) is 95.5 Å². The molecule has 4 rings (SSSR count). The number of benzene rings is 1. The van der Waals surface area contributed by atoms with Gasteiger partial charge in [-0.05, 0) is 49.1 Å². The minimum absolute atomic E-state index is 0.158. The summed E-state index contributed by atoms with van der Waals surface area (Å²) in [6, 6.07) is 10.2. The van der Waals surface area contributed by atoms with Gasteiger partial charge in [-0.25, -0.2) is 4.79 Å². The molecule has 0 saturated heterocycles. The molecule has 0 bridgehead atoms. The van der Waals surface area contributed by atoms with Gasteiger partial charge >= 0.3 is 5.97 Å². The van der Waals surface area contributed by atoms with Gasteiger partial charge in [-0.1, -0.05) is 62.4 Å². The number of carbonyl (C=O) groups is 2. The highest BCUT2D eigenvalue weighted by atomic mass is 16.5. The van der Waals surface area contributed by atoms with Crippen molar-refractivity contribution in [3.63, 3.8) is 0 Å². The number of esters is 1. The first-order valence-electron chi connectivity index (χ1n) is 11.2. The first-order valence-corrected chi connectivity index (χ1v) is 11.2. The van der Waals surface area contributed by atoms with Crippen LogP contribution in [-0.4, -0.2) is 23.3 Å². The van der Waals surface area contributed by atoms with Gasteiger partial charge in [0.15, 0.2) is 5.78 Å². The number of nitrogens with one attached hydrogen (secondary N) is 1. The normalized spacial score (nSPS) is 19.8. The highest BCUT2D eigenvalue weighted by Gasteiger charge is 2.33. The number of H-pyrrole nitrogens is 1. The Bertz CT molecular complexity index is 862. The monoisotopic (exact) mass is 393 g/mol. The molecular formula is C25H31NO3. The number of fused-ring (bicyclic) bond motifs is 1. The number of hydrogen-bond acceptors (Lipinski definition) is 3. The van der Waals surface area contributed by atoms with Gasteiger partial charge in [0.1, 0.15) is 5.69 Å². The molecule has 0 radical (unpaired) electrons. The van der Waals surface area contributed by atoms with Crippen LogP contribution in [0, 0.1) is 5.92 Å². The predicted octanol–water partition coefficient (Wildman–Crippen LogP) is 5.62. The van der Waals surface area contributed by atoms with E-state index in [1.165, 1.54) is 37.7 Å². The largest absolute Gasteiger partial charge is 0.461 e. The van der Waals surface area contributed by atoms with Crippen molar-refractivity contribution >= 4 is 11.8 Å². The molecule has 1 heterocycles. The second kappa shape index (κ2) is 8.98. The van der Waals surface area contributed by atoms with E-state index in [1.807, 2.05) is 25.1 Å². The molecule has 1 fully saturated rings. The van der Waals surface area contributed by atoms with Gasteiger partial charge in [-0.3, -0.25) is 4.79 Å². The third-order valence-electron chi connectivity index (χ3n) is 6.62. The molecule has 2 aliphatic carbocycles. The standard InChI is InChI=1S/C25H31NO3/c1-2-29-25(28)24-20(14-13-17-9-5-3-6-10-17)23-21(26-24)15-19(16-22(23)27)18-11-7-4-8-12-18/h4,7-8,11-12,17,19,26H,2-3,5-6,9-10,13-16H2,1H3/t19-/m1/s1. The fourth-order valence-corrected chi connectivity index (χ4v) is 5.14. The summed E-state index contributed by atoms with van der Waals surface area (Å²) in [4.78, 5) is 29.1. The Morgan fingerprint density at radius 3 is 2.59 bits per heavy atom. The van der Waals surface area contributed by atoms with Crippen molar-refractivity contribution < 1.29 is 14.3 Å². The van der Waals surface area contributed by atoms with E-state index in [4.69, 9.17) is 4.74 Å². The van der Waals surface area contributed by atoms with Crippen LogP contribution < -0.4 is 0 Å². The minimum Gasteiger partial charge on any atom is -0.461 e. The minimum atomic E-state index is -0.329. The number of aromatic amines is 1. The van der Waals surface area contributed by atoms with Gasteiger partial charge < -0.3 is 9.72 Å². The summed E-state index contributed by atoms with van der Waals surface area (Å²) in [5, 5.41) is 0. The quantitative estimate of drug-likeness (QED) is 0.648. The van der Waals surface area contributed by atoms with E-state index in [0.29, 0.717) is 24.6 Å². The second-order valence-electron chi connectivity index (χ2n) is 8.53. The lowest BCUT2D eigenvalue weighted by Crippen LogP contribution is -2.19. The van der Waals surface area contributed by atoms with Crippen LogP contribution >= 0.6 is 0 Å². The van der Waals surface area contributed by atoms with Gasteiger partial charge in [0.25, 0.3) is 0 Å². The Hall–Kier alpha value is -2.36. The Morgan fingerprint density at radius 1 is 1.10 bits per heavy atom. The maximum Gasteiger partial charge on any atom is 0.355 e. The highest BCUT2D eigenvalue weighted by Crippen LogP contribution is 2.37. The van der Waals surface area contributed by atoms with E-state index in [1.54, 1.807) is 0 Å². The van der Waals surface area contributed by atoms with E-state index in [9.17, 15) is 9.59 Å². The summed E-state index contributed by atoms with van der Waals surface area (Å²) >= 11 is 0. The van der Waals surface area contributed by atoms with E-state index >= 15 is 0 Å². The molecule has 154 valence electrons. The Kier molecular flexibility index (Phi) is 6.17. The zero-order valence-electron chi connectivity index (χ0n) is 17.3. The van der Waals surface area contributed by atoms with Crippen molar-refractivity contribution in [3.8, 4) is 0 Å². The third kappa shape index (κ3) is 4.31. The van der Waals surface area contributed by atoms with Crippen LogP contribution in [0.25, 0.3) is 0 Å². The van der Waals surface area contributed by atoms with Crippen LogP contribution in [0.2, 0.25) is 0 Å². The average molecular weight is 394 g/mol. The van der Waals surface area contributed by atoms with Gasteiger partial charge in [0.05, 0.1) is 6.61 Å². The number of carbonyl (C=O) groups excluding carboxylic acids is 2. The van der Waals surface area contributed by atoms with Crippen molar-refractivity contribution in [2.75, 3.05) is 6.61 Å². The zero-order valence-corrected chi connectivity index (χ0v) is 17.3. The summed E-state index contributed by atoms with van der Waals surface area (Å²) in [6.07, 6.45) is 9.59. The maximum absolute atomic E-state index is 13.2. The molecule has 1 atom stereocenters. The van der Waals surface area contributed by atoms with Crippen molar-refractivity contribution in [2.45, 2.75) is 70.6 Å². The topological polar surface area (TPSA) is 59.2 Å². The summed E-state index contributed by atoms with van der Waals surface area (Å²) in [5.41, 5.74) is 4.28. The maximum atomic E-state index is 13.2. The zero-order chi connectivity index (χ0) is 20.2. The van der Waals surface area contributed by atoms with Gasteiger partial charge in [-0.15, -0.1) is 0 Å². The van der Waals surface area contributed by atoms with Crippen LogP contribution in [0.3, 0.4) is 0 Å². The van der Waals surface area contributed by atoms with E-state index in [-0.39, 0.29) is 17.7 Å². The van der Waals surface area contributed by atoms with Crippen molar-refractivity contribution in [3.05, 3.63) is 58.4 Å². The fourth-order valence-electron chi connectivity index (χ4n) is 5.14. The molecule has 0 spiro atoms. The van der Waals surface area contributed by atoms with E-state index in [0.717, 1.165) is 36.1 Å². The van der Waals surface area contributed by atoms with E-state index < -0.39 is 0 Å². The van der Waals surface area contributed by atoms with Crippen molar-refractivity contribution in [2.24, 2.45) is 5.92 Å².